The zero-order chi connectivity index (χ0) is 10.1. The van der Waals surface area contributed by atoms with Crippen molar-refractivity contribution in [2.75, 3.05) is 0 Å². The first kappa shape index (κ1) is 10.4. The largest absolute Gasteiger partial charge is 0.228 e. The molecule has 1 heterocycles. The summed E-state index contributed by atoms with van der Waals surface area (Å²) in [7, 11) is 0. The predicted molar refractivity (Wildman–Crippen MR) is 55.6 cm³/mol. The van der Waals surface area contributed by atoms with Crippen LogP contribution in [-0.4, -0.2) is 4.98 Å². The van der Waals surface area contributed by atoms with Gasteiger partial charge < -0.3 is 0 Å². The second kappa shape index (κ2) is 3.58. The standard InChI is InChI=1S/C9H8FIN2/c1-9(2,5-12)6-4-13-8(10)3-7(6)11/h3-4H,1-2H3. The van der Waals surface area contributed by atoms with E-state index in [1.165, 1.54) is 12.3 Å². The summed E-state index contributed by atoms with van der Waals surface area (Å²) in [4.78, 5) is 3.53. The highest BCUT2D eigenvalue weighted by Gasteiger charge is 2.23. The molecule has 0 saturated carbocycles. The van der Waals surface area contributed by atoms with Crippen LogP contribution in [0.25, 0.3) is 0 Å². The minimum atomic E-state index is -0.614. The van der Waals surface area contributed by atoms with Gasteiger partial charge >= 0.3 is 0 Å². The molecule has 0 aliphatic rings. The maximum atomic E-state index is 12.6. The molecule has 68 valence electrons. The monoisotopic (exact) mass is 290 g/mol. The Labute approximate surface area is 89.9 Å². The lowest BCUT2D eigenvalue weighted by Gasteiger charge is -2.16. The van der Waals surface area contributed by atoms with E-state index in [4.69, 9.17) is 5.26 Å². The molecule has 2 nitrogen and oxygen atoms in total. The van der Waals surface area contributed by atoms with E-state index < -0.39 is 11.4 Å². The molecule has 13 heavy (non-hydrogen) atoms. The zero-order valence-electron chi connectivity index (χ0n) is 7.31. The Kier molecular flexibility index (Phi) is 2.86. The van der Waals surface area contributed by atoms with Gasteiger partial charge in [-0.3, -0.25) is 0 Å². The van der Waals surface area contributed by atoms with Gasteiger partial charge in [0.15, 0.2) is 0 Å². The molecule has 0 aromatic carbocycles. The van der Waals surface area contributed by atoms with Gasteiger partial charge in [-0.1, -0.05) is 0 Å². The van der Waals surface area contributed by atoms with E-state index >= 15 is 0 Å². The molecule has 0 bridgehead atoms. The number of halogens is 2. The molecular formula is C9H8FIN2. The minimum absolute atomic E-state index is 0.512. The fraction of sp³-hybridized carbons (Fsp3) is 0.333. The van der Waals surface area contributed by atoms with E-state index in [0.29, 0.717) is 0 Å². The van der Waals surface area contributed by atoms with Gasteiger partial charge in [-0.25, -0.2) is 4.98 Å². The summed E-state index contributed by atoms with van der Waals surface area (Å²) in [6.07, 6.45) is 1.42. The van der Waals surface area contributed by atoms with Gasteiger partial charge in [0.05, 0.1) is 11.5 Å². The smallest absolute Gasteiger partial charge is 0.213 e. The van der Waals surface area contributed by atoms with Crippen molar-refractivity contribution in [2.24, 2.45) is 0 Å². The number of pyridine rings is 1. The maximum Gasteiger partial charge on any atom is 0.213 e. The second-order valence-electron chi connectivity index (χ2n) is 3.22. The number of aromatic nitrogens is 1. The SMILES string of the molecule is CC(C)(C#N)c1cnc(F)cc1I. The zero-order valence-corrected chi connectivity index (χ0v) is 9.46. The summed E-state index contributed by atoms with van der Waals surface area (Å²) in [5.41, 5.74) is 0.147. The van der Waals surface area contributed by atoms with Crippen LogP contribution in [0.1, 0.15) is 19.4 Å². The normalized spacial score (nSPS) is 11.0. The van der Waals surface area contributed by atoms with Crippen LogP contribution in [0.2, 0.25) is 0 Å². The molecule has 1 aromatic heterocycles. The number of nitriles is 1. The molecule has 0 amide bonds. The Hall–Kier alpha value is -0.700. The molecule has 0 saturated heterocycles. The van der Waals surface area contributed by atoms with E-state index in [1.54, 1.807) is 13.8 Å². The lowest BCUT2D eigenvalue weighted by Crippen LogP contribution is -2.16. The van der Waals surface area contributed by atoms with Gasteiger partial charge in [-0.15, -0.1) is 0 Å². The van der Waals surface area contributed by atoms with Crippen LogP contribution in [0.15, 0.2) is 12.3 Å². The molecule has 0 N–H and O–H groups in total. The Morgan fingerprint density at radius 3 is 2.69 bits per heavy atom. The van der Waals surface area contributed by atoms with Crippen molar-refractivity contribution in [3.05, 3.63) is 27.3 Å². The van der Waals surface area contributed by atoms with Gasteiger partial charge in [0.1, 0.15) is 0 Å². The van der Waals surface area contributed by atoms with Gasteiger partial charge in [-0.2, -0.15) is 9.65 Å². The van der Waals surface area contributed by atoms with Crippen molar-refractivity contribution >= 4 is 22.6 Å². The summed E-state index contributed by atoms with van der Waals surface area (Å²) >= 11 is 2.00. The highest BCUT2D eigenvalue weighted by atomic mass is 127. The quantitative estimate of drug-likeness (QED) is 0.589. The van der Waals surface area contributed by atoms with Crippen LogP contribution in [0.5, 0.6) is 0 Å². The van der Waals surface area contributed by atoms with E-state index in [-0.39, 0.29) is 0 Å². The number of rotatable bonds is 1. The molecular weight excluding hydrogens is 282 g/mol. The van der Waals surface area contributed by atoms with Crippen molar-refractivity contribution in [1.82, 2.24) is 4.98 Å². The van der Waals surface area contributed by atoms with Crippen LogP contribution < -0.4 is 0 Å². The van der Waals surface area contributed by atoms with Crippen molar-refractivity contribution in [2.45, 2.75) is 19.3 Å². The Balaban J connectivity index is 3.26. The van der Waals surface area contributed by atoms with Gasteiger partial charge in [0.25, 0.3) is 0 Å². The summed E-state index contributed by atoms with van der Waals surface area (Å²) in [6, 6.07) is 3.48. The Morgan fingerprint density at radius 2 is 2.23 bits per heavy atom. The summed E-state index contributed by atoms with van der Waals surface area (Å²) in [6.45, 7) is 3.56. The highest BCUT2D eigenvalue weighted by Crippen LogP contribution is 2.26. The van der Waals surface area contributed by atoms with Crippen LogP contribution >= 0.6 is 22.6 Å². The maximum absolute atomic E-state index is 12.6. The fourth-order valence-corrected chi connectivity index (χ4v) is 2.00. The van der Waals surface area contributed by atoms with Crippen molar-refractivity contribution in [3.63, 3.8) is 0 Å². The van der Waals surface area contributed by atoms with Gasteiger partial charge in [-0.05, 0) is 36.4 Å². The van der Waals surface area contributed by atoms with Crippen molar-refractivity contribution in [3.8, 4) is 6.07 Å². The fourth-order valence-electron chi connectivity index (χ4n) is 0.928. The van der Waals surface area contributed by atoms with Crippen LogP contribution in [0.3, 0.4) is 0 Å². The van der Waals surface area contributed by atoms with E-state index in [9.17, 15) is 4.39 Å². The summed E-state index contributed by atoms with van der Waals surface area (Å²) < 4.78 is 13.4. The number of hydrogen-bond acceptors (Lipinski definition) is 2. The third kappa shape index (κ3) is 2.15. The third-order valence-electron chi connectivity index (χ3n) is 1.77. The summed E-state index contributed by atoms with van der Waals surface area (Å²) in [5.74, 6) is -0.512. The van der Waals surface area contributed by atoms with Crippen LogP contribution in [0.4, 0.5) is 4.39 Å². The predicted octanol–water partition coefficient (Wildman–Crippen LogP) is 2.63. The van der Waals surface area contributed by atoms with Crippen molar-refractivity contribution in [1.29, 1.82) is 5.26 Å². The molecule has 0 fully saturated rings. The van der Waals surface area contributed by atoms with E-state index in [1.807, 2.05) is 22.6 Å². The Bertz CT molecular complexity index is 368. The molecule has 1 aromatic rings. The molecule has 0 atom stereocenters. The average molecular weight is 290 g/mol. The number of hydrogen-bond donors (Lipinski definition) is 0. The van der Waals surface area contributed by atoms with Crippen LogP contribution in [0, 0.1) is 20.8 Å². The lowest BCUT2D eigenvalue weighted by molar-refractivity contribution is 0.574. The average Bonchev–Trinajstić information content (AvgIpc) is 2.03. The second-order valence-corrected chi connectivity index (χ2v) is 4.39. The molecule has 0 spiro atoms. The van der Waals surface area contributed by atoms with Gasteiger partial charge in [0.2, 0.25) is 5.95 Å². The third-order valence-corrected chi connectivity index (χ3v) is 2.67. The Morgan fingerprint density at radius 1 is 1.62 bits per heavy atom. The first-order chi connectivity index (χ1) is 5.97. The highest BCUT2D eigenvalue weighted by molar-refractivity contribution is 14.1. The lowest BCUT2D eigenvalue weighted by atomic mass is 9.88. The van der Waals surface area contributed by atoms with Crippen LogP contribution in [-0.2, 0) is 5.41 Å². The molecule has 0 unspecified atom stereocenters. The number of nitrogens with zero attached hydrogens (tertiary/aromatic N) is 2. The first-order valence-corrected chi connectivity index (χ1v) is 4.78. The molecule has 0 aliphatic heterocycles. The van der Waals surface area contributed by atoms with Gasteiger partial charge in [0, 0.05) is 21.4 Å². The molecule has 0 aliphatic carbocycles. The summed E-state index contributed by atoms with van der Waals surface area (Å²) in [5, 5.41) is 8.87. The van der Waals surface area contributed by atoms with Crippen molar-refractivity contribution < 1.29 is 4.39 Å². The topological polar surface area (TPSA) is 36.7 Å². The molecule has 4 heteroatoms. The molecule has 1 rings (SSSR count). The van der Waals surface area contributed by atoms with E-state index in [2.05, 4.69) is 11.1 Å². The molecule has 0 radical (unpaired) electrons. The first-order valence-electron chi connectivity index (χ1n) is 3.70. The van der Waals surface area contributed by atoms with E-state index in [0.717, 1.165) is 9.13 Å². The minimum Gasteiger partial charge on any atom is -0.228 e.